The van der Waals surface area contributed by atoms with Gasteiger partial charge in [-0.05, 0) is 42.3 Å². The summed E-state index contributed by atoms with van der Waals surface area (Å²) in [7, 11) is 1.68. The lowest BCUT2D eigenvalue weighted by Crippen LogP contribution is -2.28. The van der Waals surface area contributed by atoms with Gasteiger partial charge < -0.3 is 14.8 Å². The van der Waals surface area contributed by atoms with Crippen LogP contribution in [0.5, 0.6) is 11.5 Å². The molecule has 0 saturated heterocycles. The molecule has 0 aliphatic carbocycles. The first-order chi connectivity index (χ1) is 9.26. The van der Waals surface area contributed by atoms with E-state index in [1.807, 2.05) is 18.2 Å². The van der Waals surface area contributed by atoms with Crippen molar-refractivity contribution < 1.29 is 9.47 Å². The summed E-state index contributed by atoms with van der Waals surface area (Å²) in [5.74, 6) is 1.80. The SMILES string of the molecule is COc1ccc(-c2ccc3c(c2)NC(C)CO3)cc1. The Labute approximate surface area is 113 Å². The standard InChI is InChI=1S/C16H17NO2/c1-11-10-19-16-8-5-13(9-15(16)17-11)12-3-6-14(18-2)7-4-12/h3-9,11,17H,10H2,1-2H3. The van der Waals surface area contributed by atoms with Gasteiger partial charge in [0.05, 0.1) is 18.8 Å². The van der Waals surface area contributed by atoms with Gasteiger partial charge in [0.2, 0.25) is 0 Å². The van der Waals surface area contributed by atoms with E-state index in [1.165, 1.54) is 11.1 Å². The molecule has 2 aromatic carbocycles. The minimum absolute atomic E-state index is 0.346. The third kappa shape index (κ3) is 2.36. The maximum absolute atomic E-state index is 5.68. The minimum Gasteiger partial charge on any atom is -0.497 e. The van der Waals surface area contributed by atoms with Crippen LogP contribution in [0, 0.1) is 0 Å². The van der Waals surface area contributed by atoms with Crippen LogP contribution < -0.4 is 14.8 Å². The fraction of sp³-hybridized carbons (Fsp3) is 0.250. The predicted octanol–water partition coefficient (Wildman–Crippen LogP) is 3.56. The Bertz CT molecular complexity index is 578. The van der Waals surface area contributed by atoms with Gasteiger partial charge in [-0.3, -0.25) is 0 Å². The van der Waals surface area contributed by atoms with Crippen molar-refractivity contribution >= 4 is 5.69 Å². The van der Waals surface area contributed by atoms with E-state index >= 15 is 0 Å². The van der Waals surface area contributed by atoms with E-state index < -0.39 is 0 Å². The highest BCUT2D eigenvalue weighted by Gasteiger charge is 2.15. The average molecular weight is 255 g/mol. The van der Waals surface area contributed by atoms with Gasteiger partial charge in [0, 0.05) is 0 Å². The van der Waals surface area contributed by atoms with Gasteiger partial charge in [-0.15, -0.1) is 0 Å². The largest absolute Gasteiger partial charge is 0.497 e. The molecule has 2 aromatic rings. The Morgan fingerprint density at radius 1 is 1.11 bits per heavy atom. The van der Waals surface area contributed by atoms with Crippen LogP contribution in [0.25, 0.3) is 11.1 Å². The molecular formula is C16H17NO2. The van der Waals surface area contributed by atoms with E-state index in [0.29, 0.717) is 6.04 Å². The molecule has 3 nitrogen and oxygen atoms in total. The number of benzene rings is 2. The van der Waals surface area contributed by atoms with Gasteiger partial charge in [-0.2, -0.15) is 0 Å². The van der Waals surface area contributed by atoms with Crippen molar-refractivity contribution in [2.24, 2.45) is 0 Å². The summed E-state index contributed by atoms with van der Waals surface area (Å²) in [5, 5.41) is 3.44. The van der Waals surface area contributed by atoms with E-state index in [2.05, 4.69) is 36.5 Å². The van der Waals surface area contributed by atoms with Crippen molar-refractivity contribution in [3.63, 3.8) is 0 Å². The van der Waals surface area contributed by atoms with Crippen molar-refractivity contribution in [2.75, 3.05) is 19.0 Å². The lowest BCUT2D eigenvalue weighted by molar-refractivity contribution is 0.292. The molecule has 1 unspecified atom stereocenters. The van der Waals surface area contributed by atoms with Gasteiger partial charge in [0.25, 0.3) is 0 Å². The zero-order chi connectivity index (χ0) is 13.2. The van der Waals surface area contributed by atoms with E-state index in [9.17, 15) is 0 Å². The number of anilines is 1. The molecule has 0 saturated carbocycles. The van der Waals surface area contributed by atoms with E-state index in [1.54, 1.807) is 7.11 Å². The van der Waals surface area contributed by atoms with Crippen molar-refractivity contribution in [1.82, 2.24) is 0 Å². The Kier molecular flexibility index (Phi) is 3.03. The van der Waals surface area contributed by atoms with Crippen LogP contribution in [0.4, 0.5) is 5.69 Å². The van der Waals surface area contributed by atoms with Crippen LogP contribution in [0.15, 0.2) is 42.5 Å². The highest BCUT2D eigenvalue weighted by atomic mass is 16.5. The molecule has 0 radical (unpaired) electrons. The normalized spacial score (nSPS) is 17.1. The molecular weight excluding hydrogens is 238 g/mol. The van der Waals surface area contributed by atoms with Crippen molar-refractivity contribution in [1.29, 1.82) is 0 Å². The lowest BCUT2D eigenvalue weighted by Gasteiger charge is -2.25. The van der Waals surface area contributed by atoms with Gasteiger partial charge in [0.1, 0.15) is 18.1 Å². The Hall–Kier alpha value is -2.16. The second kappa shape index (κ2) is 4.84. The van der Waals surface area contributed by atoms with Gasteiger partial charge >= 0.3 is 0 Å². The van der Waals surface area contributed by atoms with Crippen LogP contribution >= 0.6 is 0 Å². The maximum atomic E-state index is 5.68. The minimum atomic E-state index is 0.346. The van der Waals surface area contributed by atoms with Crippen LogP contribution in [-0.4, -0.2) is 19.8 Å². The van der Waals surface area contributed by atoms with E-state index in [-0.39, 0.29) is 0 Å². The topological polar surface area (TPSA) is 30.5 Å². The third-order valence-electron chi connectivity index (χ3n) is 3.29. The zero-order valence-electron chi connectivity index (χ0n) is 11.1. The second-order valence-corrected chi connectivity index (χ2v) is 4.80. The quantitative estimate of drug-likeness (QED) is 0.890. The molecule has 1 atom stereocenters. The number of rotatable bonds is 2. The molecule has 1 aliphatic rings. The molecule has 0 amide bonds. The van der Waals surface area contributed by atoms with Crippen molar-refractivity contribution in [3.05, 3.63) is 42.5 Å². The average Bonchev–Trinajstić information content (AvgIpc) is 2.46. The first-order valence-corrected chi connectivity index (χ1v) is 6.44. The van der Waals surface area contributed by atoms with Crippen LogP contribution in [0.1, 0.15) is 6.92 Å². The summed E-state index contributed by atoms with van der Waals surface area (Å²) in [4.78, 5) is 0. The van der Waals surface area contributed by atoms with E-state index in [0.717, 1.165) is 23.8 Å². The number of hydrogen-bond donors (Lipinski definition) is 1. The predicted molar refractivity (Wildman–Crippen MR) is 77.0 cm³/mol. The summed E-state index contributed by atoms with van der Waals surface area (Å²) in [6, 6.07) is 14.7. The van der Waals surface area contributed by atoms with Gasteiger partial charge in [-0.25, -0.2) is 0 Å². The Morgan fingerprint density at radius 3 is 2.58 bits per heavy atom. The fourth-order valence-electron chi connectivity index (χ4n) is 2.25. The number of fused-ring (bicyclic) bond motifs is 1. The summed E-state index contributed by atoms with van der Waals surface area (Å²) >= 11 is 0. The molecule has 0 aromatic heterocycles. The summed E-state index contributed by atoms with van der Waals surface area (Å²) in [6.45, 7) is 2.83. The third-order valence-corrected chi connectivity index (χ3v) is 3.29. The van der Waals surface area contributed by atoms with Gasteiger partial charge in [0.15, 0.2) is 0 Å². The summed E-state index contributed by atoms with van der Waals surface area (Å²) < 4.78 is 10.9. The fourth-order valence-corrected chi connectivity index (χ4v) is 2.25. The van der Waals surface area contributed by atoms with Crippen LogP contribution in [0.3, 0.4) is 0 Å². The molecule has 0 bridgehead atoms. The molecule has 1 aliphatic heterocycles. The van der Waals surface area contributed by atoms with Crippen LogP contribution in [-0.2, 0) is 0 Å². The highest BCUT2D eigenvalue weighted by Crippen LogP contribution is 2.33. The number of methoxy groups -OCH3 is 1. The molecule has 1 N–H and O–H groups in total. The second-order valence-electron chi connectivity index (χ2n) is 4.80. The molecule has 98 valence electrons. The molecule has 1 heterocycles. The number of nitrogens with one attached hydrogen (secondary N) is 1. The first kappa shape index (κ1) is 11.9. The van der Waals surface area contributed by atoms with E-state index in [4.69, 9.17) is 9.47 Å². The number of ether oxygens (including phenoxy) is 2. The lowest BCUT2D eigenvalue weighted by atomic mass is 10.0. The molecule has 3 heteroatoms. The van der Waals surface area contributed by atoms with Crippen LogP contribution in [0.2, 0.25) is 0 Å². The molecule has 0 fully saturated rings. The summed E-state index contributed by atoms with van der Waals surface area (Å²) in [5.41, 5.74) is 3.40. The van der Waals surface area contributed by atoms with Crippen molar-refractivity contribution in [3.8, 4) is 22.6 Å². The molecule has 0 spiro atoms. The zero-order valence-corrected chi connectivity index (χ0v) is 11.1. The monoisotopic (exact) mass is 255 g/mol. The van der Waals surface area contributed by atoms with Crippen molar-refractivity contribution in [2.45, 2.75) is 13.0 Å². The maximum Gasteiger partial charge on any atom is 0.142 e. The Morgan fingerprint density at radius 2 is 1.84 bits per heavy atom. The Balaban J connectivity index is 1.94. The molecule has 3 rings (SSSR count). The highest BCUT2D eigenvalue weighted by molar-refractivity contribution is 5.73. The van der Waals surface area contributed by atoms with Gasteiger partial charge in [-0.1, -0.05) is 18.2 Å². The smallest absolute Gasteiger partial charge is 0.142 e. The number of hydrogen-bond acceptors (Lipinski definition) is 3. The first-order valence-electron chi connectivity index (χ1n) is 6.44. The molecule has 19 heavy (non-hydrogen) atoms. The summed E-state index contributed by atoms with van der Waals surface area (Å²) in [6.07, 6.45) is 0.